The van der Waals surface area contributed by atoms with Crippen LogP contribution in [0.2, 0.25) is 0 Å². The van der Waals surface area contributed by atoms with Gasteiger partial charge in [0, 0.05) is 12.7 Å². The van der Waals surface area contributed by atoms with Crippen molar-refractivity contribution in [2.24, 2.45) is 0 Å². The lowest BCUT2D eigenvalue weighted by atomic mass is 10.0. The van der Waals surface area contributed by atoms with Gasteiger partial charge in [-0.2, -0.15) is 0 Å². The summed E-state index contributed by atoms with van der Waals surface area (Å²) in [7, 11) is 1.80. The summed E-state index contributed by atoms with van der Waals surface area (Å²) in [5.74, 6) is 0.950. The Hall–Kier alpha value is -1.29. The summed E-state index contributed by atoms with van der Waals surface area (Å²) in [5.41, 5.74) is 1.99. The molecule has 1 aliphatic rings. The van der Waals surface area contributed by atoms with Gasteiger partial charge in [0.2, 0.25) is 5.91 Å². The van der Waals surface area contributed by atoms with Crippen molar-refractivity contribution in [2.45, 2.75) is 18.2 Å². The van der Waals surface area contributed by atoms with E-state index in [1.807, 2.05) is 31.2 Å². The highest BCUT2D eigenvalue weighted by Gasteiger charge is 2.26. The first-order valence-electron chi connectivity index (χ1n) is 5.98. The fraction of sp³-hybridized carbons (Fsp3) is 0.357. The molecule has 0 saturated carbocycles. The van der Waals surface area contributed by atoms with Gasteiger partial charge in [0.25, 0.3) is 0 Å². The number of benzene rings is 1. The molecule has 1 aromatic carbocycles. The molecule has 1 amide bonds. The first-order valence-corrected chi connectivity index (χ1v) is 6.90. The van der Waals surface area contributed by atoms with Crippen molar-refractivity contribution >= 4 is 27.5 Å². The zero-order valence-electron chi connectivity index (χ0n) is 10.5. The van der Waals surface area contributed by atoms with Crippen LogP contribution in [0, 0.1) is 0 Å². The minimum Gasteiger partial charge on any atom is -0.494 e. The van der Waals surface area contributed by atoms with E-state index in [2.05, 4.69) is 22.0 Å². The number of hydrogen-bond acceptors (Lipinski definition) is 2. The highest BCUT2D eigenvalue weighted by atomic mass is 79.9. The van der Waals surface area contributed by atoms with Gasteiger partial charge in [-0.1, -0.05) is 22.0 Å². The van der Waals surface area contributed by atoms with Crippen LogP contribution >= 0.6 is 15.9 Å². The molecule has 0 saturated heterocycles. The van der Waals surface area contributed by atoms with Crippen LogP contribution in [0.25, 0.3) is 5.70 Å². The van der Waals surface area contributed by atoms with E-state index in [4.69, 9.17) is 4.74 Å². The third kappa shape index (κ3) is 2.58. The van der Waals surface area contributed by atoms with Crippen molar-refractivity contribution in [3.05, 3.63) is 35.9 Å². The smallest absolute Gasteiger partial charge is 0.240 e. The first-order chi connectivity index (χ1) is 8.63. The number of nitrogens with zero attached hydrogens (tertiary/aromatic N) is 1. The second-order valence-corrected chi connectivity index (χ2v) is 5.25. The summed E-state index contributed by atoms with van der Waals surface area (Å²) in [6.45, 7) is 2.62. The third-order valence-corrected chi connectivity index (χ3v) is 3.70. The number of alkyl halides is 1. The molecule has 1 aromatic rings. The van der Waals surface area contributed by atoms with Crippen LogP contribution in [0.15, 0.2) is 30.3 Å². The molecular weight excluding hydrogens is 294 g/mol. The number of amides is 1. The summed E-state index contributed by atoms with van der Waals surface area (Å²) in [5, 5.41) is 0. The molecule has 0 bridgehead atoms. The summed E-state index contributed by atoms with van der Waals surface area (Å²) in [6, 6.07) is 7.82. The molecule has 18 heavy (non-hydrogen) atoms. The Balaban J connectivity index is 2.23. The molecule has 3 nitrogen and oxygen atoms in total. The van der Waals surface area contributed by atoms with Gasteiger partial charge in [0.1, 0.15) is 5.75 Å². The Morgan fingerprint density at radius 3 is 2.67 bits per heavy atom. The molecule has 4 heteroatoms. The third-order valence-electron chi connectivity index (χ3n) is 2.94. The Bertz CT molecular complexity index is 467. The van der Waals surface area contributed by atoms with Crippen molar-refractivity contribution in [1.29, 1.82) is 0 Å². The SMILES string of the molecule is CCOc1ccc(C2=CCC(Br)C(=O)N2C)cc1. The molecule has 0 aromatic heterocycles. The monoisotopic (exact) mass is 309 g/mol. The second-order valence-electron chi connectivity index (χ2n) is 4.15. The van der Waals surface area contributed by atoms with E-state index < -0.39 is 0 Å². The Morgan fingerprint density at radius 1 is 1.39 bits per heavy atom. The van der Waals surface area contributed by atoms with Crippen molar-refractivity contribution in [3.8, 4) is 5.75 Å². The fourth-order valence-corrected chi connectivity index (χ4v) is 2.48. The van der Waals surface area contributed by atoms with Gasteiger partial charge >= 0.3 is 0 Å². The Kier molecular flexibility index (Phi) is 4.07. The predicted molar refractivity (Wildman–Crippen MR) is 75.7 cm³/mol. The average Bonchev–Trinajstić information content (AvgIpc) is 2.38. The normalized spacial score (nSPS) is 19.7. The summed E-state index contributed by atoms with van der Waals surface area (Å²) < 4.78 is 5.41. The van der Waals surface area contributed by atoms with Crippen LogP contribution in [-0.2, 0) is 4.79 Å². The lowest BCUT2D eigenvalue weighted by Gasteiger charge is -2.27. The van der Waals surface area contributed by atoms with E-state index in [9.17, 15) is 4.79 Å². The lowest BCUT2D eigenvalue weighted by Crippen LogP contribution is -2.35. The standard InChI is InChI=1S/C14H16BrNO2/c1-3-18-11-6-4-10(5-7-11)13-9-8-12(15)14(17)16(13)2/h4-7,9,12H,3,8H2,1-2H3. The Labute approximate surface area is 116 Å². The summed E-state index contributed by atoms with van der Waals surface area (Å²) in [6.07, 6.45) is 2.81. The van der Waals surface area contributed by atoms with Crippen LogP contribution in [0.1, 0.15) is 18.9 Å². The molecule has 0 fully saturated rings. The minimum absolute atomic E-state index is 0.0985. The number of rotatable bonds is 3. The van der Waals surface area contributed by atoms with Crippen LogP contribution in [0.5, 0.6) is 5.75 Å². The molecule has 1 atom stereocenters. The van der Waals surface area contributed by atoms with Gasteiger partial charge in [-0.15, -0.1) is 0 Å². The number of hydrogen-bond donors (Lipinski definition) is 0. The van der Waals surface area contributed by atoms with Gasteiger partial charge < -0.3 is 9.64 Å². The lowest BCUT2D eigenvalue weighted by molar-refractivity contribution is -0.126. The van der Waals surface area contributed by atoms with Crippen molar-refractivity contribution < 1.29 is 9.53 Å². The van der Waals surface area contributed by atoms with E-state index in [0.29, 0.717) is 6.61 Å². The topological polar surface area (TPSA) is 29.5 Å². The molecule has 0 spiro atoms. The van der Waals surface area contributed by atoms with Gasteiger partial charge in [-0.3, -0.25) is 4.79 Å². The van der Waals surface area contributed by atoms with Crippen LogP contribution < -0.4 is 4.74 Å². The van der Waals surface area contributed by atoms with E-state index in [-0.39, 0.29) is 10.7 Å². The highest BCUT2D eigenvalue weighted by molar-refractivity contribution is 9.10. The number of ether oxygens (including phenoxy) is 1. The first kappa shape index (κ1) is 13.1. The van der Waals surface area contributed by atoms with Crippen LogP contribution in [0.3, 0.4) is 0 Å². The van der Waals surface area contributed by atoms with Crippen molar-refractivity contribution in [2.75, 3.05) is 13.7 Å². The van der Waals surface area contributed by atoms with E-state index in [1.54, 1.807) is 11.9 Å². The summed E-state index contributed by atoms with van der Waals surface area (Å²) >= 11 is 3.37. The van der Waals surface area contributed by atoms with Crippen molar-refractivity contribution in [1.82, 2.24) is 4.90 Å². The molecule has 96 valence electrons. The van der Waals surface area contributed by atoms with Gasteiger partial charge in [-0.25, -0.2) is 0 Å². The molecule has 0 aliphatic carbocycles. The molecule has 1 unspecified atom stereocenters. The molecule has 0 N–H and O–H groups in total. The number of halogens is 1. The maximum Gasteiger partial charge on any atom is 0.240 e. The maximum absolute atomic E-state index is 11.9. The molecule has 2 rings (SSSR count). The zero-order chi connectivity index (χ0) is 13.1. The number of allylic oxidation sites excluding steroid dienone is 1. The predicted octanol–water partition coefficient (Wildman–Crippen LogP) is 3.05. The molecule has 1 heterocycles. The fourth-order valence-electron chi connectivity index (χ4n) is 1.98. The van der Waals surface area contributed by atoms with Crippen LogP contribution in [0.4, 0.5) is 0 Å². The van der Waals surface area contributed by atoms with Gasteiger partial charge in [0.15, 0.2) is 0 Å². The number of carbonyl (C=O) groups excluding carboxylic acids is 1. The zero-order valence-corrected chi connectivity index (χ0v) is 12.1. The van der Waals surface area contributed by atoms with E-state index in [0.717, 1.165) is 23.4 Å². The van der Waals surface area contributed by atoms with E-state index >= 15 is 0 Å². The summed E-state index contributed by atoms with van der Waals surface area (Å²) in [4.78, 5) is 13.5. The Morgan fingerprint density at radius 2 is 2.06 bits per heavy atom. The minimum atomic E-state index is -0.103. The van der Waals surface area contributed by atoms with E-state index in [1.165, 1.54) is 0 Å². The van der Waals surface area contributed by atoms with Crippen LogP contribution in [-0.4, -0.2) is 29.3 Å². The number of carbonyl (C=O) groups is 1. The molecular formula is C14H16BrNO2. The second kappa shape index (κ2) is 5.57. The van der Waals surface area contributed by atoms with Gasteiger partial charge in [0.05, 0.1) is 11.4 Å². The maximum atomic E-state index is 11.9. The quantitative estimate of drug-likeness (QED) is 0.803. The molecule has 1 aliphatic heterocycles. The molecule has 0 radical (unpaired) electrons. The van der Waals surface area contributed by atoms with Gasteiger partial charge in [-0.05, 0) is 43.2 Å². The largest absolute Gasteiger partial charge is 0.494 e. The average molecular weight is 310 g/mol. The van der Waals surface area contributed by atoms with Crippen molar-refractivity contribution in [3.63, 3.8) is 0 Å². The highest BCUT2D eigenvalue weighted by Crippen LogP contribution is 2.28.